The Kier molecular flexibility index (Phi) is 3.72. The number of hydrogen-bond donors (Lipinski definition) is 3. The van der Waals surface area contributed by atoms with E-state index in [-0.39, 0.29) is 6.54 Å². The second-order valence-corrected chi connectivity index (χ2v) is 1.83. The van der Waals surface area contributed by atoms with Crippen LogP contribution in [0.5, 0.6) is 0 Å². The summed E-state index contributed by atoms with van der Waals surface area (Å²) in [6, 6.07) is 0. The summed E-state index contributed by atoms with van der Waals surface area (Å²) < 4.78 is 0. The van der Waals surface area contributed by atoms with Crippen LogP contribution in [0, 0.1) is 0 Å². The molecule has 4 heteroatoms. The van der Waals surface area contributed by atoms with Gasteiger partial charge in [-0.3, -0.25) is 5.84 Å². The molecular weight excluding hydrogens is 106 g/mol. The molecule has 5 N–H and O–H groups in total. The van der Waals surface area contributed by atoms with Gasteiger partial charge < -0.3 is 10.8 Å². The number of aliphatic hydroxyl groups is 1. The van der Waals surface area contributed by atoms with Crippen molar-refractivity contribution < 1.29 is 5.11 Å². The van der Waals surface area contributed by atoms with Crippen LogP contribution in [0.4, 0.5) is 0 Å². The van der Waals surface area contributed by atoms with Gasteiger partial charge in [-0.15, -0.1) is 0 Å². The normalized spacial score (nSPS) is 14.6. The average molecular weight is 119 g/mol. The van der Waals surface area contributed by atoms with Gasteiger partial charge in [-0.25, -0.2) is 5.01 Å². The van der Waals surface area contributed by atoms with Crippen molar-refractivity contribution in [1.29, 1.82) is 0 Å². The van der Waals surface area contributed by atoms with Crippen LogP contribution in [0.15, 0.2) is 0 Å². The Labute approximate surface area is 49.0 Å². The highest BCUT2D eigenvalue weighted by atomic mass is 16.3. The predicted molar refractivity (Wildman–Crippen MR) is 31.9 cm³/mol. The number of hydrogen-bond acceptors (Lipinski definition) is 4. The molecule has 0 aliphatic heterocycles. The van der Waals surface area contributed by atoms with Crippen molar-refractivity contribution in [2.45, 2.75) is 6.10 Å². The summed E-state index contributed by atoms with van der Waals surface area (Å²) in [6.45, 7) is 0.692. The average Bonchev–Trinajstić information content (AvgIpc) is 1.65. The van der Waals surface area contributed by atoms with Gasteiger partial charge in [-0.05, 0) is 0 Å². The first-order valence-electron chi connectivity index (χ1n) is 2.50. The Bertz CT molecular complexity index is 57.2. The standard InChI is InChI=1S/C4H13N3O/c1-7(6)3-4(8)2-5/h4,8H,2-3,5-6H2,1H3. The van der Waals surface area contributed by atoms with Crippen molar-refractivity contribution in [3.05, 3.63) is 0 Å². The minimum Gasteiger partial charge on any atom is -0.390 e. The van der Waals surface area contributed by atoms with Crippen LogP contribution in [0.1, 0.15) is 0 Å². The summed E-state index contributed by atoms with van der Waals surface area (Å²) in [5.41, 5.74) is 5.09. The van der Waals surface area contributed by atoms with Crippen LogP contribution in [-0.4, -0.2) is 36.4 Å². The molecule has 8 heavy (non-hydrogen) atoms. The largest absolute Gasteiger partial charge is 0.390 e. The van der Waals surface area contributed by atoms with Gasteiger partial charge in [0.2, 0.25) is 0 Å². The van der Waals surface area contributed by atoms with E-state index in [1.807, 2.05) is 0 Å². The van der Waals surface area contributed by atoms with Gasteiger partial charge >= 0.3 is 0 Å². The van der Waals surface area contributed by atoms with Crippen LogP contribution >= 0.6 is 0 Å². The number of nitrogens with two attached hydrogens (primary N) is 2. The molecule has 0 amide bonds. The quantitative estimate of drug-likeness (QED) is 0.300. The Hall–Kier alpha value is -0.160. The molecule has 0 aliphatic carbocycles. The molecule has 4 nitrogen and oxygen atoms in total. The molecule has 0 aromatic rings. The number of nitrogens with zero attached hydrogens (tertiary/aromatic N) is 1. The molecule has 0 aromatic heterocycles. The molecule has 0 aliphatic rings. The second kappa shape index (κ2) is 3.80. The maximum atomic E-state index is 8.78. The number of hydrazine groups is 1. The molecule has 50 valence electrons. The van der Waals surface area contributed by atoms with Gasteiger partial charge in [0.05, 0.1) is 6.10 Å². The van der Waals surface area contributed by atoms with E-state index in [0.717, 1.165) is 0 Å². The minimum absolute atomic E-state index is 0.265. The highest BCUT2D eigenvalue weighted by molar-refractivity contribution is 4.56. The maximum absolute atomic E-state index is 8.78. The minimum atomic E-state index is -0.495. The van der Waals surface area contributed by atoms with Crippen molar-refractivity contribution in [2.75, 3.05) is 20.1 Å². The van der Waals surface area contributed by atoms with Crippen molar-refractivity contribution in [3.63, 3.8) is 0 Å². The summed E-state index contributed by atoms with van der Waals surface area (Å²) >= 11 is 0. The summed E-state index contributed by atoms with van der Waals surface area (Å²) in [5.74, 6) is 5.19. The van der Waals surface area contributed by atoms with Crippen LogP contribution < -0.4 is 11.6 Å². The van der Waals surface area contributed by atoms with Crippen LogP contribution in [0.2, 0.25) is 0 Å². The summed E-state index contributed by atoms with van der Waals surface area (Å²) in [6.07, 6.45) is -0.495. The Morgan fingerprint density at radius 3 is 2.38 bits per heavy atom. The molecule has 0 fully saturated rings. The zero-order valence-corrected chi connectivity index (χ0v) is 5.04. The van der Waals surface area contributed by atoms with Gasteiger partial charge in [0.1, 0.15) is 0 Å². The summed E-state index contributed by atoms with van der Waals surface area (Å²) in [5, 5.41) is 10.2. The molecule has 0 saturated carbocycles. The smallest absolute Gasteiger partial charge is 0.0802 e. The fraction of sp³-hybridized carbons (Fsp3) is 1.00. The van der Waals surface area contributed by atoms with Crippen molar-refractivity contribution in [3.8, 4) is 0 Å². The van der Waals surface area contributed by atoms with E-state index in [0.29, 0.717) is 6.54 Å². The maximum Gasteiger partial charge on any atom is 0.0802 e. The van der Waals surface area contributed by atoms with Gasteiger partial charge in [0.15, 0.2) is 0 Å². The molecular formula is C4H13N3O. The lowest BCUT2D eigenvalue weighted by Gasteiger charge is -2.12. The van der Waals surface area contributed by atoms with Crippen LogP contribution in [0.3, 0.4) is 0 Å². The summed E-state index contributed by atoms with van der Waals surface area (Å²) in [7, 11) is 1.68. The molecule has 0 bridgehead atoms. The lowest BCUT2D eigenvalue weighted by Crippen LogP contribution is -2.37. The topological polar surface area (TPSA) is 75.5 Å². The van der Waals surface area contributed by atoms with E-state index in [9.17, 15) is 0 Å². The molecule has 0 spiro atoms. The molecule has 0 rings (SSSR count). The third kappa shape index (κ3) is 4.01. The van der Waals surface area contributed by atoms with Crippen LogP contribution in [-0.2, 0) is 0 Å². The second-order valence-electron chi connectivity index (χ2n) is 1.83. The fourth-order valence-electron chi connectivity index (χ4n) is 0.407. The van der Waals surface area contributed by atoms with E-state index in [1.165, 1.54) is 5.01 Å². The zero-order valence-electron chi connectivity index (χ0n) is 5.04. The monoisotopic (exact) mass is 119 g/mol. The predicted octanol–water partition coefficient (Wildman–Crippen LogP) is -1.89. The molecule has 1 unspecified atom stereocenters. The Balaban J connectivity index is 3.10. The van der Waals surface area contributed by atoms with Gasteiger partial charge in [-0.2, -0.15) is 0 Å². The lowest BCUT2D eigenvalue weighted by atomic mass is 10.3. The first-order chi connectivity index (χ1) is 3.66. The van der Waals surface area contributed by atoms with E-state index in [1.54, 1.807) is 7.05 Å². The molecule has 0 saturated heterocycles. The van der Waals surface area contributed by atoms with Crippen molar-refractivity contribution in [1.82, 2.24) is 5.01 Å². The first kappa shape index (κ1) is 7.84. The Morgan fingerprint density at radius 2 is 2.25 bits per heavy atom. The van der Waals surface area contributed by atoms with E-state index >= 15 is 0 Å². The number of aliphatic hydroxyl groups excluding tert-OH is 1. The third-order valence-corrected chi connectivity index (χ3v) is 0.771. The lowest BCUT2D eigenvalue weighted by molar-refractivity contribution is 0.133. The van der Waals surface area contributed by atoms with E-state index in [4.69, 9.17) is 16.7 Å². The van der Waals surface area contributed by atoms with Gasteiger partial charge in [0.25, 0.3) is 0 Å². The highest BCUT2D eigenvalue weighted by Crippen LogP contribution is 1.77. The molecule has 0 aromatic carbocycles. The highest BCUT2D eigenvalue weighted by Gasteiger charge is 2.00. The SMILES string of the molecule is CN(N)CC(O)CN. The molecule has 1 atom stereocenters. The zero-order chi connectivity index (χ0) is 6.57. The van der Waals surface area contributed by atoms with Crippen molar-refractivity contribution >= 4 is 0 Å². The molecule has 0 radical (unpaired) electrons. The van der Waals surface area contributed by atoms with Gasteiger partial charge in [0, 0.05) is 20.1 Å². The van der Waals surface area contributed by atoms with E-state index < -0.39 is 6.10 Å². The summed E-state index contributed by atoms with van der Waals surface area (Å²) in [4.78, 5) is 0. The number of likely N-dealkylation sites (N-methyl/N-ethyl adjacent to an activating group) is 1. The first-order valence-corrected chi connectivity index (χ1v) is 2.50. The fourth-order valence-corrected chi connectivity index (χ4v) is 0.407. The van der Waals surface area contributed by atoms with E-state index in [2.05, 4.69) is 0 Å². The van der Waals surface area contributed by atoms with Gasteiger partial charge in [-0.1, -0.05) is 0 Å². The van der Waals surface area contributed by atoms with Crippen molar-refractivity contribution in [2.24, 2.45) is 11.6 Å². The molecule has 0 heterocycles. The number of rotatable bonds is 3. The third-order valence-electron chi connectivity index (χ3n) is 0.771. The Morgan fingerprint density at radius 1 is 1.75 bits per heavy atom. The van der Waals surface area contributed by atoms with Crippen LogP contribution in [0.25, 0.3) is 0 Å².